The lowest BCUT2D eigenvalue weighted by Gasteiger charge is -2.27. The fourth-order valence-electron chi connectivity index (χ4n) is 3.72. The van der Waals surface area contributed by atoms with Gasteiger partial charge in [-0.15, -0.1) is 0 Å². The molecule has 1 aromatic carbocycles. The maximum atomic E-state index is 12.7. The van der Waals surface area contributed by atoms with Crippen molar-refractivity contribution < 1.29 is 14.0 Å². The number of benzene rings is 1. The molecule has 1 amide bonds. The molecule has 138 valence electrons. The highest BCUT2D eigenvalue weighted by Gasteiger charge is 2.37. The van der Waals surface area contributed by atoms with Crippen LogP contribution in [0.1, 0.15) is 58.1 Å². The van der Waals surface area contributed by atoms with Crippen molar-refractivity contribution in [1.82, 2.24) is 0 Å². The van der Waals surface area contributed by atoms with E-state index in [1.54, 1.807) is 6.92 Å². The van der Waals surface area contributed by atoms with Crippen molar-refractivity contribution in [3.05, 3.63) is 46.4 Å². The molecule has 1 heterocycles. The predicted octanol–water partition coefficient (Wildman–Crippen LogP) is 4.37. The Bertz CT molecular complexity index is 891. The summed E-state index contributed by atoms with van der Waals surface area (Å²) in [6.07, 6.45) is 1.14. The maximum Gasteiger partial charge on any atom is 0.291 e. The minimum Gasteiger partial charge on any atom is -0.455 e. The summed E-state index contributed by atoms with van der Waals surface area (Å²) in [4.78, 5) is 27.2. The van der Waals surface area contributed by atoms with Gasteiger partial charge in [0.05, 0.1) is 5.56 Å². The monoisotopic (exact) mass is 354 g/mol. The number of aryl methyl sites for hydroxylation is 1. The lowest BCUT2D eigenvalue weighted by atomic mass is 9.76. The number of fused-ring (bicyclic) bond motifs is 1. The summed E-state index contributed by atoms with van der Waals surface area (Å²) in [5.74, 6) is 0.602. The maximum absolute atomic E-state index is 12.7. The van der Waals surface area contributed by atoms with E-state index in [1.807, 2.05) is 58.0 Å². The Kier molecular flexibility index (Phi) is 4.42. The Morgan fingerprint density at radius 3 is 2.50 bits per heavy atom. The van der Waals surface area contributed by atoms with E-state index in [4.69, 9.17) is 4.42 Å². The number of ketones is 1. The molecule has 1 aromatic heterocycles. The molecule has 0 saturated heterocycles. The van der Waals surface area contributed by atoms with Crippen LogP contribution in [0.3, 0.4) is 0 Å². The van der Waals surface area contributed by atoms with Gasteiger partial charge in [0, 0.05) is 43.9 Å². The average molecular weight is 354 g/mol. The van der Waals surface area contributed by atoms with Crippen LogP contribution in [-0.2, 0) is 6.42 Å². The molecule has 1 aliphatic rings. The number of anilines is 2. The van der Waals surface area contributed by atoms with Crippen molar-refractivity contribution in [1.29, 1.82) is 0 Å². The van der Waals surface area contributed by atoms with Gasteiger partial charge in [-0.2, -0.15) is 0 Å². The zero-order chi connectivity index (χ0) is 19.2. The topological polar surface area (TPSA) is 62.6 Å². The molecule has 2 aromatic rings. The van der Waals surface area contributed by atoms with Gasteiger partial charge in [0.1, 0.15) is 5.76 Å². The lowest BCUT2D eigenvalue weighted by Crippen LogP contribution is -2.26. The van der Waals surface area contributed by atoms with Crippen molar-refractivity contribution >= 4 is 23.1 Å². The molecule has 0 unspecified atom stereocenters. The van der Waals surface area contributed by atoms with Crippen molar-refractivity contribution in [3.63, 3.8) is 0 Å². The number of furan rings is 1. The number of nitrogens with zero attached hydrogens (tertiary/aromatic N) is 1. The average Bonchev–Trinajstić information content (AvgIpc) is 2.82. The number of carbonyl (C=O) groups excluding carboxylic acids is 2. The Labute approximate surface area is 154 Å². The highest BCUT2D eigenvalue weighted by molar-refractivity contribution is 6.07. The summed E-state index contributed by atoms with van der Waals surface area (Å²) < 4.78 is 5.83. The molecule has 0 spiro atoms. The largest absolute Gasteiger partial charge is 0.455 e. The van der Waals surface area contributed by atoms with E-state index in [2.05, 4.69) is 5.32 Å². The Morgan fingerprint density at radius 1 is 1.19 bits per heavy atom. The molecule has 1 N–H and O–H groups in total. The van der Waals surface area contributed by atoms with Crippen LogP contribution in [0.15, 0.2) is 22.6 Å². The molecule has 0 atom stereocenters. The fourth-order valence-corrected chi connectivity index (χ4v) is 3.72. The Balaban J connectivity index is 1.88. The summed E-state index contributed by atoms with van der Waals surface area (Å²) in [6, 6.07) is 5.77. The molecule has 0 bridgehead atoms. The number of nitrogens with one attached hydrogen (secondary N) is 1. The molecule has 26 heavy (non-hydrogen) atoms. The summed E-state index contributed by atoms with van der Waals surface area (Å²) in [6.45, 7) is 7.87. The summed E-state index contributed by atoms with van der Waals surface area (Å²) in [5.41, 5.74) is 3.97. The third-order valence-electron chi connectivity index (χ3n) is 4.92. The number of hydrogen-bond acceptors (Lipinski definition) is 4. The predicted molar refractivity (Wildman–Crippen MR) is 103 cm³/mol. The molecule has 5 nitrogen and oxygen atoms in total. The molecular formula is C21H26N2O3. The van der Waals surface area contributed by atoms with Crippen LogP contribution in [-0.4, -0.2) is 25.8 Å². The SMILES string of the molecule is Cc1cc(NC(=O)c2oc3c(c2C)C(=O)CC(C)(C)C3)ccc1N(C)C. The van der Waals surface area contributed by atoms with Crippen molar-refractivity contribution in [2.45, 2.75) is 40.5 Å². The zero-order valence-electron chi connectivity index (χ0n) is 16.3. The Morgan fingerprint density at radius 2 is 1.88 bits per heavy atom. The van der Waals surface area contributed by atoms with Gasteiger partial charge in [-0.3, -0.25) is 9.59 Å². The van der Waals surface area contributed by atoms with Crippen molar-refractivity contribution in [2.24, 2.45) is 5.41 Å². The highest BCUT2D eigenvalue weighted by atomic mass is 16.4. The van der Waals surface area contributed by atoms with Crippen LogP contribution in [0.4, 0.5) is 11.4 Å². The van der Waals surface area contributed by atoms with Crippen molar-refractivity contribution in [3.8, 4) is 0 Å². The second kappa shape index (κ2) is 6.31. The van der Waals surface area contributed by atoms with Gasteiger partial charge < -0.3 is 14.6 Å². The minimum absolute atomic E-state index is 0.0581. The number of hydrogen-bond donors (Lipinski definition) is 1. The van der Waals surface area contributed by atoms with E-state index in [1.165, 1.54) is 0 Å². The van der Waals surface area contributed by atoms with Gasteiger partial charge in [0.2, 0.25) is 0 Å². The van der Waals surface area contributed by atoms with Crippen LogP contribution >= 0.6 is 0 Å². The molecule has 3 rings (SSSR count). The number of carbonyl (C=O) groups is 2. The van der Waals surface area contributed by atoms with Crippen LogP contribution in [0.5, 0.6) is 0 Å². The van der Waals surface area contributed by atoms with Gasteiger partial charge in [0.25, 0.3) is 5.91 Å². The van der Waals surface area contributed by atoms with E-state index < -0.39 is 0 Å². The molecular weight excluding hydrogens is 328 g/mol. The van der Waals surface area contributed by atoms with E-state index in [-0.39, 0.29) is 22.9 Å². The molecule has 0 radical (unpaired) electrons. The van der Waals surface area contributed by atoms with Crippen LogP contribution in [0, 0.1) is 19.3 Å². The molecule has 0 saturated carbocycles. The third kappa shape index (κ3) is 3.26. The van der Waals surface area contributed by atoms with E-state index in [0.717, 1.165) is 11.3 Å². The van der Waals surface area contributed by atoms with Gasteiger partial charge in [-0.25, -0.2) is 0 Å². The van der Waals surface area contributed by atoms with Gasteiger partial charge in [-0.1, -0.05) is 13.8 Å². The van der Waals surface area contributed by atoms with Crippen molar-refractivity contribution in [2.75, 3.05) is 24.3 Å². The van der Waals surface area contributed by atoms with Crippen LogP contribution in [0.25, 0.3) is 0 Å². The number of amides is 1. The Hall–Kier alpha value is -2.56. The van der Waals surface area contributed by atoms with E-state index in [9.17, 15) is 9.59 Å². The first-order valence-electron chi connectivity index (χ1n) is 8.84. The second-order valence-corrected chi connectivity index (χ2v) is 8.15. The zero-order valence-corrected chi connectivity index (χ0v) is 16.3. The van der Waals surface area contributed by atoms with Crippen LogP contribution < -0.4 is 10.2 Å². The highest BCUT2D eigenvalue weighted by Crippen LogP contribution is 2.38. The van der Waals surface area contributed by atoms with Gasteiger partial charge >= 0.3 is 0 Å². The normalized spacial score (nSPS) is 15.5. The first-order chi connectivity index (χ1) is 12.1. The quantitative estimate of drug-likeness (QED) is 0.889. The summed E-state index contributed by atoms with van der Waals surface area (Å²) in [5, 5.41) is 2.89. The summed E-state index contributed by atoms with van der Waals surface area (Å²) in [7, 11) is 3.96. The fraction of sp³-hybridized carbons (Fsp3) is 0.429. The smallest absolute Gasteiger partial charge is 0.291 e. The first kappa shape index (κ1) is 18.2. The summed E-state index contributed by atoms with van der Waals surface area (Å²) >= 11 is 0. The van der Waals surface area contributed by atoms with Gasteiger partial charge in [-0.05, 0) is 43.0 Å². The lowest BCUT2D eigenvalue weighted by molar-refractivity contribution is 0.0898. The molecule has 1 aliphatic carbocycles. The minimum atomic E-state index is -0.320. The van der Waals surface area contributed by atoms with Crippen LogP contribution in [0.2, 0.25) is 0 Å². The van der Waals surface area contributed by atoms with E-state index in [0.29, 0.717) is 35.4 Å². The third-order valence-corrected chi connectivity index (χ3v) is 4.92. The standard InChI is InChI=1S/C21H26N2O3/c1-12-9-14(7-8-15(12)23(5)6)22-20(25)19-13(2)18-16(24)10-21(3,4)11-17(18)26-19/h7-9H,10-11H2,1-6H3,(H,22,25). The molecule has 0 aliphatic heterocycles. The second-order valence-electron chi connectivity index (χ2n) is 8.15. The first-order valence-corrected chi connectivity index (χ1v) is 8.84. The van der Waals surface area contributed by atoms with Gasteiger partial charge in [0.15, 0.2) is 11.5 Å². The molecule has 0 fully saturated rings. The number of Topliss-reactive ketones (excluding diaryl/α,β-unsaturated/α-hetero) is 1. The number of rotatable bonds is 3. The van der Waals surface area contributed by atoms with E-state index >= 15 is 0 Å². The molecule has 5 heteroatoms.